The first-order valence-electron chi connectivity index (χ1n) is 4.78. The molecule has 0 bridgehead atoms. The third-order valence-electron chi connectivity index (χ3n) is 2.45. The Labute approximate surface area is 82.9 Å². The molecule has 1 fully saturated rings. The summed E-state index contributed by atoms with van der Waals surface area (Å²) in [5.41, 5.74) is 5.88. The first kappa shape index (κ1) is 11.0. The number of rotatable bonds is 3. The number of primary amides is 1. The third-order valence-corrected chi connectivity index (χ3v) is 2.45. The fourth-order valence-corrected chi connectivity index (χ4v) is 1.52. The van der Waals surface area contributed by atoms with Gasteiger partial charge in [-0.15, -0.1) is 0 Å². The van der Waals surface area contributed by atoms with Crippen LogP contribution in [0.3, 0.4) is 0 Å². The molecule has 0 spiro atoms. The molecule has 14 heavy (non-hydrogen) atoms. The van der Waals surface area contributed by atoms with Crippen molar-refractivity contribution in [3.05, 3.63) is 0 Å². The maximum absolute atomic E-state index is 10.7. The van der Waals surface area contributed by atoms with Gasteiger partial charge in [-0.05, 0) is 32.6 Å². The molecule has 0 aromatic carbocycles. The molecule has 1 amide bonds. The molecule has 0 aliphatic heterocycles. The van der Waals surface area contributed by atoms with E-state index in [4.69, 9.17) is 15.7 Å². The minimum absolute atomic E-state index is 0.0583. The summed E-state index contributed by atoms with van der Waals surface area (Å²) in [4.78, 5) is 10.7. The zero-order valence-electron chi connectivity index (χ0n) is 8.27. The Bertz CT molecular complexity index is 230. The Morgan fingerprint density at radius 3 is 2.64 bits per heavy atom. The minimum atomic E-state index is -0.535. The van der Waals surface area contributed by atoms with E-state index in [9.17, 15) is 4.79 Å². The standard InChI is InChI=1S/C9H16N2O3/c1-6(9(10)12)14-8-4-2-7(11-13)3-5-8/h6,8,13H,2-5H2,1H3,(H2,10,12). The monoisotopic (exact) mass is 200 g/mol. The van der Waals surface area contributed by atoms with Gasteiger partial charge in [-0.1, -0.05) is 5.16 Å². The summed E-state index contributed by atoms with van der Waals surface area (Å²) in [6.07, 6.45) is 2.56. The zero-order valence-corrected chi connectivity index (χ0v) is 8.27. The minimum Gasteiger partial charge on any atom is -0.411 e. The fourth-order valence-electron chi connectivity index (χ4n) is 1.52. The average Bonchev–Trinajstić information content (AvgIpc) is 2.19. The summed E-state index contributed by atoms with van der Waals surface area (Å²) in [5.74, 6) is -0.438. The number of amides is 1. The second-order valence-corrected chi connectivity index (χ2v) is 3.55. The molecule has 1 aliphatic rings. The highest BCUT2D eigenvalue weighted by molar-refractivity contribution is 5.84. The van der Waals surface area contributed by atoms with Crippen LogP contribution in [0.5, 0.6) is 0 Å². The molecule has 1 saturated carbocycles. The number of oxime groups is 1. The lowest BCUT2D eigenvalue weighted by Gasteiger charge is -2.24. The van der Waals surface area contributed by atoms with Crippen LogP contribution in [-0.4, -0.2) is 29.0 Å². The number of hydrogen-bond acceptors (Lipinski definition) is 4. The molecular weight excluding hydrogens is 184 g/mol. The van der Waals surface area contributed by atoms with Gasteiger partial charge in [0.15, 0.2) is 0 Å². The quantitative estimate of drug-likeness (QED) is 0.518. The number of nitrogens with zero attached hydrogens (tertiary/aromatic N) is 1. The van der Waals surface area contributed by atoms with Crippen molar-refractivity contribution in [1.29, 1.82) is 0 Å². The Morgan fingerprint density at radius 1 is 1.64 bits per heavy atom. The van der Waals surface area contributed by atoms with Crippen molar-refractivity contribution in [2.24, 2.45) is 10.9 Å². The van der Waals surface area contributed by atoms with E-state index in [0.717, 1.165) is 31.4 Å². The average molecular weight is 200 g/mol. The smallest absolute Gasteiger partial charge is 0.246 e. The van der Waals surface area contributed by atoms with Crippen LogP contribution in [0.15, 0.2) is 5.16 Å². The molecule has 0 radical (unpaired) electrons. The highest BCUT2D eigenvalue weighted by Crippen LogP contribution is 2.20. The Balaban J connectivity index is 2.32. The van der Waals surface area contributed by atoms with Gasteiger partial charge < -0.3 is 15.7 Å². The first-order chi connectivity index (χ1) is 6.63. The first-order valence-corrected chi connectivity index (χ1v) is 4.78. The van der Waals surface area contributed by atoms with Gasteiger partial charge in [-0.3, -0.25) is 4.79 Å². The predicted molar refractivity (Wildman–Crippen MR) is 51.2 cm³/mol. The van der Waals surface area contributed by atoms with E-state index in [-0.39, 0.29) is 6.10 Å². The van der Waals surface area contributed by atoms with Crippen LogP contribution in [0, 0.1) is 0 Å². The topological polar surface area (TPSA) is 84.9 Å². The summed E-state index contributed by atoms with van der Waals surface area (Å²) in [6.45, 7) is 1.65. The second-order valence-electron chi connectivity index (χ2n) is 3.55. The van der Waals surface area contributed by atoms with Gasteiger partial charge in [-0.2, -0.15) is 0 Å². The van der Waals surface area contributed by atoms with Crippen LogP contribution in [0.25, 0.3) is 0 Å². The molecule has 0 saturated heterocycles. The van der Waals surface area contributed by atoms with Crippen LogP contribution in [-0.2, 0) is 9.53 Å². The molecular formula is C9H16N2O3. The Kier molecular flexibility index (Phi) is 3.88. The van der Waals surface area contributed by atoms with Gasteiger partial charge in [0, 0.05) is 0 Å². The van der Waals surface area contributed by atoms with Gasteiger partial charge in [0.2, 0.25) is 5.91 Å². The van der Waals surface area contributed by atoms with E-state index in [1.807, 2.05) is 0 Å². The number of carbonyl (C=O) groups is 1. The van der Waals surface area contributed by atoms with E-state index in [1.165, 1.54) is 0 Å². The number of nitrogens with two attached hydrogens (primary N) is 1. The molecule has 0 aromatic heterocycles. The van der Waals surface area contributed by atoms with Gasteiger partial charge in [0.05, 0.1) is 11.8 Å². The van der Waals surface area contributed by atoms with Crippen LogP contribution >= 0.6 is 0 Å². The van der Waals surface area contributed by atoms with Crippen molar-refractivity contribution in [3.63, 3.8) is 0 Å². The van der Waals surface area contributed by atoms with Crippen LogP contribution < -0.4 is 5.73 Å². The highest BCUT2D eigenvalue weighted by Gasteiger charge is 2.22. The fraction of sp³-hybridized carbons (Fsp3) is 0.778. The van der Waals surface area contributed by atoms with Gasteiger partial charge in [0.1, 0.15) is 6.10 Å². The van der Waals surface area contributed by atoms with E-state index < -0.39 is 12.0 Å². The Morgan fingerprint density at radius 2 is 2.21 bits per heavy atom. The molecule has 1 unspecified atom stereocenters. The molecule has 5 heteroatoms. The van der Waals surface area contributed by atoms with Crippen molar-refractivity contribution in [2.45, 2.75) is 44.8 Å². The van der Waals surface area contributed by atoms with Gasteiger partial charge >= 0.3 is 0 Å². The third kappa shape index (κ3) is 2.99. The summed E-state index contributed by atoms with van der Waals surface area (Å²) in [6, 6.07) is 0. The summed E-state index contributed by atoms with van der Waals surface area (Å²) in [7, 11) is 0. The lowest BCUT2D eigenvalue weighted by atomic mass is 9.96. The number of carbonyl (C=O) groups excluding carboxylic acids is 1. The van der Waals surface area contributed by atoms with E-state index in [0.29, 0.717) is 0 Å². The largest absolute Gasteiger partial charge is 0.411 e. The number of ether oxygens (including phenoxy) is 1. The molecule has 1 rings (SSSR count). The predicted octanol–water partition coefficient (Wildman–Crippen LogP) is 0.650. The molecule has 80 valence electrons. The van der Waals surface area contributed by atoms with Gasteiger partial charge in [-0.25, -0.2) is 0 Å². The van der Waals surface area contributed by atoms with E-state index >= 15 is 0 Å². The summed E-state index contributed by atoms with van der Waals surface area (Å²) in [5, 5.41) is 11.7. The second kappa shape index (κ2) is 4.95. The van der Waals surface area contributed by atoms with Crippen LogP contribution in [0.4, 0.5) is 0 Å². The molecule has 1 atom stereocenters. The van der Waals surface area contributed by atoms with Crippen molar-refractivity contribution in [2.75, 3.05) is 0 Å². The maximum atomic E-state index is 10.7. The lowest BCUT2D eigenvalue weighted by molar-refractivity contribution is -0.132. The van der Waals surface area contributed by atoms with E-state index in [2.05, 4.69) is 5.16 Å². The van der Waals surface area contributed by atoms with Crippen LogP contribution in [0.2, 0.25) is 0 Å². The van der Waals surface area contributed by atoms with Crippen molar-refractivity contribution in [1.82, 2.24) is 0 Å². The zero-order chi connectivity index (χ0) is 10.6. The molecule has 0 heterocycles. The SMILES string of the molecule is CC(OC1CCC(=NO)CC1)C(N)=O. The van der Waals surface area contributed by atoms with E-state index in [1.54, 1.807) is 6.92 Å². The van der Waals surface area contributed by atoms with Crippen molar-refractivity contribution < 1.29 is 14.7 Å². The number of hydrogen-bond donors (Lipinski definition) is 2. The highest BCUT2D eigenvalue weighted by atomic mass is 16.5. The Hall–Kier alpha value is -1.10. The molecule has 0 aromatic rings. The summed E-state index contributed by atoms with van der Waals surface area (Å²) >= 11 is 0. The maximum Gasteiger partial charge on any atom is 0.246 e. The summed E-state index contributed by atoms with van der Waals surface area (Å²) < 4.78 is 5.43. The lowest BCUT2D eigenvalue weighted by Crippen LogP contribution is -2.34. The molecule has 3 N–H and O–H groups in total. The molecule has 1 aliphatic carbocycles. The normalized spacial score (nSPS) is 24.4. The van der Waals surface area contributed by atoms with Crippen molar-refractivity contribution >= 4 is 11.6 Å². The van der Waals surface area contributed by atoms with Crippen molar-refractivity contribution in [3.8, 4) is 0 Å². The van der Waals surface area contributed by atoms with Crippen LogP contribution in [0.1, 0.15) is 32.6 Å². The van der Waals surface area contributed by atoms with Gasteiger partial charge in [0.25, 0.3) is 0 Å². The molecule has 5 nitrogen and oxygen atoms in total.